The van der Waals surface area contributed by atoms with Crippen molar-refractivity contribution in [3.63, 3.8) is 0 Å². The molecule has 2 N–H and O–H groups in total. The quantitative estimate of drug-likeness (QED) is 0.712. The van der Waals surface area contributed by atoms with Gasteiger partial charge in [-0.25, -0.2) is 4.98 Å². The minimum absolute atomic E-state index is 0.160. The van der Waals surface area contributed by atoms with E-state index < -0.39 is 0 Å². The van der Waals surface area contributed by atoms with Crippen molar-refractivity contribution in [2.75, 3.05) is 10.6 Å². The van der Waals surface area contributed by atoms with Gasteiger partial charge in [0.15, 0.2) is 5.13 Å². The van der Waals surface area contributed by atoms with E-state index in [1.165, 1.54) is 11.3 Å². The van der Waals surface area contributed by atoms with Crippen molar-refractivity contribution >= 4 is 34.0 Å². The number of carbonyl (C=O) groups is 2. The molecule has 26 heavy (non-hydrogen) atoms. The van der Waals surface area contributed by atoms with Gasteiger partial charge in [0.2, 0.25) is 5.91 Å². The Labute approximate surface area is 156 Å². The third kappa shape index (κ3) is 4.34. The first kappa shape index (κ1) is 17.8. The van der Waals surface area contributed by atoms with Crippen molar-refractivity contribution in [1.29, 1.82) is 0 Å². The van der Waals surface area contributed by atoms with E-state index in [-0.39, 0.29) is 23.9 Å². The predicted molar refractivity (Wildman–Crippen MR) is 105 cm³/mol. The SMILES string of the molecule is Cc1cccc(NC(=O)c2csc(NC(=O)Cc3ccccc3)n2)c1C. The van der Waals surface area contributed by atoms with Crippen molar-refractivity contribution in [2.45, 2.75) is 20.3 Å². The molecule has 0 spiro atoms. The molecule has 3 rings (SSSR count). The topological polar surface area (TPSA) is 71.1 Å². The van der Waals surface area contributed by atoms with Crippen molar-refractivity contribution in [3.8, 4) is 0 Å². The van der Waals surface area contributed by atoms with Crippen LogP contribution in [0.2, 0.25) is 0 Å². The molecule has 1 heterocycles. The standard InChI is InChI=1S/C20H19N3O2S/c1-13-7-6-10-16(14(13)2)21-19(25)17-12-26-20(22-17)23-18(24)11-15-8-4-3-5-9-15/h3-10,12H,11H2,1-2H3,(H,21,25)(H,22,23,24). The summed E-state index contributed by atoms with van der Waals surface area (Å²) in [7, 11) is 0. The monoisotopic (exact) mass is 365 g/mol. The number of hydrogen-bond donors (Lipinski definition) is 2. The van der Waals surface area contributed by atoms with E-state index in [4.69, 9.17) is 0 Å². The maximum atomic E-state index is 12.4. The maximum Gasteiger partial charge on any atom is 0.275 e. The molecule has 1 aromatic heterocycles. The van der Waals surface area contributed by atoms with Crippen molar-refractivity contribution in [2.24, 2.45) is 0 Å². The summed E-state index contributed by atoms with van der Waals surface area (Å²) in [6.45, 7) is 3.95. The van der Waals surface area contributed by atoms with Crippen LogP contribution < -0.4 is 10.6 Å². The second-order valence-corrected chi connectivity index (χ2v) is 6.81. The number of aromatic nitrogens is 1. The number of carbonyl (C=O) groups excluding carboxylic acids is 2. The molecule has 0 aliphatic rings. The number of hydrogen-bond acceptors (Lipinski definition) is 4. The normalized spacial score (nSPS) is 10.4. The molecule has 0 aliphatic heterocycles. The Morgan fingerprint density at radius 2 is 1.77 bits per heavy atom. The number of rotatable bonds is 5. The summed E-state index contributed by atoms with van der Waals surface area (Å²) in [4.78, 5) is 28.7. The van der Waals surface area contributed by atoms with Crippen LogP contribution in [0.1, 0.15) is 27.2 Å². The Balaban J connectivity index is 1.63. The molecule has 0 radical (unpaired) electrons. The molecule has 0 atom stereocenters. The van der Waals surface area contributed by atoms with Gasteiger partial charge >= 0.3 is 0 Å². The van der Waals surface area contributed by atoms with Crippen LogP contribution in [0.4, 0.5) is 10.8 Å². The van der Waals surface area contributed by atoms with Crippen LogP contribution in [0.5, 0.6) is 0 Å². The zero-order valence-electron chi connectivity index (χ0n) is 14.6. The Bertz CT molecular complexity index is 935. The highest BCUT2D eigenvalue weighted by Crippen LogP contribution is 2.21. The summed E-state index contributed by atoms with van der Waals surface area (Å²) in [5, 5.41) is 7.66. The van der Waals surface area contributed by atoms with E-state index in [0.29, 0.717) is 5.13 Å². The Morgan fingerprint density at radius 3 is 2.54 bits per heavy atom. The molecule has 0 saturated carbocycles. The van der Waals surface area contributed by atoms with Gasteiger partial charge in [-0.15, -0.1) is 11.3 Å². The highest BCUT2D eigenvalue weighted by Gasteiger charge is 2.14. The molecule has 2 amide bonds. The summed E-state index contributed by atoms with van der Waals surface area (Å²) >= 11 is 1.23. The van der Waals surface area contributed by atoms with Gasteiger partial charge < -0.3 is 10.6 Å². The van der Waals surface area contributed by atoms with Gasteiger partial charge in [0.25, 0.3) is 5.91 Å². The number of amides is 2. The minimum atomic E-state index is -0.293. The third-order valence-corrected chi connectivity index (χ3v) is 4.80. The van der Waals surface area contributed by atoms with Gasteiger partial charge in [-0.1, -0.05) is 42.5 Å². The first-order valence-corrected chi connectivity index (χ1v) is 9.08. The van der Waals surface area contributed by atoms with Gasteiger partial charge in [-0.2, -0.15) is 0 Å². The molecule has 5 nitrogen and oxygen atoms in total. The first-order chi connectivity index (χ1) is 12.5. The highest BCUT2D eigenvalue weighted by atomic mass is 32.1. The van der Waals surface area contributed by atoms with Crippen molar-refractivity contribution in [1.82, 2.24) is 4.98 Å². The summed E-state index contributed by atoms with van der Waals surface area (Å²) in [5.41, 5.74) is 4.10. The number of aryl methyl sites for hydroxylation is 1. The maximum absolute atomic E-state index is 12.4. The van der Waals surface area contributed by atoms with Crippen molar-refractivity contribution < 1.29 is 9.59 Å². The lowest BCUT2D eigenvalue weighted by atomic mass is 10.1. The van der Waals surface area contributed by atoms with E-state index in [9.17, 15) is 9.59 Å². The molecule has 6 heteroatoms. The van der Waals surface area contributed by atoms with E-state index in [0.717, 1.165) is 22.4 Å². The second-order valence-electron chi connectivity index (χ2n) is 5.95. The molecule has 2 aromatic carbocycles. The summed E-state index contributed by atoms with van der Waals surface area (Å²) in [6.07, 6.45) is 0.268. The molecule has 0 bridgehead atoms. The van der Waals surface area contributed by atoms with Crippen LogP contribution >= 0.6 is 11.3 Å². The Kier molecular flexibility index (Phi) is 5.43. The number of benzene rings is 2. The molecular weight excluding hydrogens is 346 g/mol. The van der Waals surface area contributed by atoms with Gasteiger partial charge in [-0.3, -0.25) is 9.59 Å². The fourth-order valence-corrected chi connectivity index (χ4v) is 3.16. The largest absolute Gasteiger partial charge is 0.320 e. The van der Waals surface area contributed by atoms with Crippen LogP contribution in [0, 0.1) is 13.8 Å². The molecule has 3 aromatic rings. The average Bonchev–Trinajstić information content (AvgIpc) is 3.08. The lowest BCUT2D eigenvalue weighted by Crippen LogP contribution is -2.16. The van der Waals surface area contributed by atoms with Crippen LogP contribution in [0.25, 0.3) is 0 Å². The predicted octanol–water partition coefficient (Wildman–Crippen LogP) is 4.19. The number of anilines is 2. The van der Waals surface area contributed by atoms with E-state index >= 15 is 0 Å². The molecular formula is C20H19N3O2S. The summed E-state index contributed by atoms with van der Waals surface area (Å²) in [5.74, 6) is -0.453. The second kappa shape index (κ2) is 7.93. The first-order valence-electron chi connectivity index (χ1n) is 8.20. The average molecular weight is 365 g/mol. The minimum Gasteiger partial charge on any atom is -0.320 e. The number of nitrogens with zero attached hydrogens (tertiary/aromatic N) is 1. The number of nitrogens with one attached hydrogen (secondary N) is 2. The zero-order valence-corrected chi connectivity index (χ0v) is 15.4. The van der Waals surface area contributed by atoms with Crippen molar-refractivity contribution in [3.05, 3.63) is 76.3 Å². The smallest absolute Gasteiger partial charge is 0.275 e. The number of thiazole rings is 1. The van der Waals surface area contributed by atoms with E-state index in [1.54, 1.807) is 5.38 Å². The van der Waals surface area contributed by atoms with Gasteiger partial charge in [0.1, 0.15) is 5.69 Å². The fourth-order valence-electron chi connectivity index (χ4n) is 2.45. The molecule has 0 unspecified atom stereocenters. The lowest BCUT2D eigenvalue weighted by Gasteiger charge is -2.09. The van der Waals surface area contributed by atoms with E-state index in [1.807, 2.05) is 62.4 Å². The highest BCUT2D eigenvalue weighted by molar-refractivity contribution is 7.14. The molecule has 132 valence electrons. The van der Waals surface area contributed by atoms with Crippen LogP contribution in [0.3, 0.4) is 0 Å². The third-order valence-electron chi connectivity index (χ3n) is 4.04. The van der Waals surface area contributed by atoms with Gasteiger partial charge in [0.05, 0.1) is 6.42 Å². The molecule has 0 saturated heterocycles. The fraction of sp³-hybridized carbons (Fsp3) is 0.150. The summed E-state index contributed by atoms with van der Waals surface area (Å²) in [6, 6.07) is 15.2. The Hall–Kier alpha value is -2.99. The zero-order chi connectivity index (χ0) is 18.5. The van der Waals surface area contributed by atoms with Gasteiger partial charge in [0, 0.05) is 11.1 Å². The van der Waals surface area contributed by atoms with Gasteiger partial charge in [-0.05, 0) is 36.6 Å². The molecule has 0 fully saturated rings. The molecule has 0 aliphatic carbocycles. The van der Waals surface area contributed by atoms with Crippen LogP contribution in [0.15, 0.2) is 53.9 Å². The van der Waals surface area contributed by atoms with Crippen LogP contribution in [-0.2, 0) is 11.2 Å². The summed E-state index contributed by atoms with van der Waals surface area (Å²) < 4.78 is 0. The lowest BCUT2D eigenvalue weighted by molar-refractivity contribution is -0.115. The van der Waals surface area contributed by atoms with E-state index in [2.05, 4.69) is 15.6 Å². The van der Waals surface area contributed by atoms with Crippen LogP contribution in [-0.4, -0.2) is 16.8 Å². The Morgan fingerprint density at radius 1 is 1.00 bits per heavy atom.